The normalized spacial score (nSPS) is 18.6. The van der Waals surface area contributed by atoms with Crippen LogP contribution in [0.4, 0.5) is 5.82 Å². The van der Waals surface area contributed by atoms with Gasteiger partial charge in [0.2, 0.25) is 0 Å². The van der Waals surface area contributed by atoms with E-state index in [-0.39, 0.29) is 5.91 Å². The number of likely N-dealkylation sites (tertiary alicyclic amines) is 1. The molecule has 0 radical (unpaired) electrons. The number of carbonyl (C=O) groups is 1. The zero-order valence-corrected chi connectivity index (χ0v) is 12.6. The van der Waals surface area contributed by atoms with E-state index in [1.807, 2.05) is 11.0 Å². The Morgan fingerprint density at radius 3 is 2.85 bits per heavy atom. The Labute approximate surface area is 120 Å². The van der Waals surface area contributed by atoms with Crippen molar-refractivity contribution in [2.24, 2.45) is 5.92 Å². The monoisotopic (exact) mass is 276 g/mol. The summed E-state index contributed by atoms with van der Waals surface area (Å²) in [7, 11) is 0. The van der Waals surface area contributed by atoms with Crippen molar-refractivity contribution in [3.8, 4) is 0 Å². The second-order valence-electron chi connectivity index (χ2n) is 5.68. The lowest BCUT2D eigenvalue weighted by Crippen LogP contribution is -2.39. The number of hydrogen-bond donors (Lipinski definition) is 1. The molecular formula is C15H24N4O. The van der Waals surface area contributed by atoms with Gasteiger partial charge in [0.25, 0.3) is 5.91 Å². The van der Waals surface area contributed by atoms with Gasteiger partial charge >= 0.3 is 0 Å². The first-order valence-electron chi connectivity index (χ1n) is 7.52. The Bertz CT molecular complexity index is 444. The van der Waals surface area contributed by atoms with E-state index < -0.39 is 0 Å². The minimum absolute atomic E-state index is 0.00995. The summed E-state index contributed by atoms with van der Waals surface area (Å²) in [6, 6.07) is 3.93. The fraction of sp³-hybridized carbons (Fsp3) is 0.667. The third kappa shape index (κ3) is 3.26. The minimum atomic E-state index is 0.00995. The maximum atomic E-state index is 12.5. The molecule has 1 N–H and O–H groups in total. The summed E-state index contributed by atoms with van der Waals surface area (Å²) in [5.74, 6) is 1.22. The second kappa shape index (κ2) is 6.68. The van der Waals surface area contributed by atoms with Crippen LogP contribution in [0, 0.1) is 5.92 Å². The first-order chi connectivity index (χ1) is 9.63. The van der Waals surface area contributed by atoms with Crippen LogP contribution in [0.25, 0.3) is 0 Å². The van der Waals surface area contributed by atoms with Crippen molar-refractivity contribution in [1.82, 2.24) is 15.1 Å². The van der Waals surface area contributed by atoms with Crippen LogP contribution in [0.1, 0.15) is 50.5 Å². The maximum absolute atomic E-state index is 12.5. The number of aromatic nitrogens is 2. The molecule has 110 valence electrons. The molecule has 1 amide bonds. The van der Waals surface area contributed by atoms with Crippen LogP contribution in [0.5, 0.6) is 0 Å². The zero-order chi connectivity index (χ0) is 14.5. The second-order valence-corrected chi connectivity index (χ2v) is 5.68. The van der Waals surface area contributed by atoms with Crippen LogP contribution in [-0.2, 0) is 0 Å². The first kappa shape index (κ1) is 14.8. The molecule has 1 aromatic rings. The van der Waals surface area contributed by atoms with Crippen LogP contribution in [-0.4, -0.2) is 40.1 Å². The van der Waals surface area contributed by atoms with Gasteiger partial charge in [-0.3, -0.25) is 4.79 Å². The van der Waals surface area contributed by atoms with E-state index in [0.29, 0.717) is 17.7 Å². The number of amides is 1. The molecule has 5 heteroatoms. The molecule has 0 bridgehead atoms. The van der Waals surface area contributed by atoms with Crippen LogP contribution >= 0.6 is 0 Å². The summed E-state index contributed by atoms with van der Waals surface area (Å²) in [6.07, 6.45) is 3.21. The minimum Gasteiger partial charge on any atom is -0.369 e. The molecule has 0 saturated carbocycles. The maximum Gasteiger partial charge on any atom is 0.274 e. The summed E-state index contributed by atoms with van der Waals surface area (Å²) < 4.78 is 0. The molecule has 2 heterocycles. The number of anilines is 1. The highest BCUT2D eigenvalue weighted by molar-refractivity contribution is 5.92. The Hall–Kier alpha value is -1.65. The Morgan fingerprint density at radius 1 is 1.45 bits per heavy atom. The quantitative estimate of drug-likeness (QED) is 0.898. The van der Waals surface area contributed by atoms with Crippen molar-refractivity contribution in [2.45, 2.75) is 46.1 Å². The molecule has 0 spiro atoms. The zero-order valence-electron chi connectivity index (χ0n) is 12.6. The Kier molecular flexibility index (Phi) is 4.93. The summed E-state index contributed by atoms with van der Waals surface area (Å²) in [5, 5.41) is 11.3. The van der Waals surface area contributed by atoms with Crippen molar-refractivity contribution in [3.05, 3.63) is 17.8 Å². The standard InChI is InChI=1S/C15H24N4O/c1-4-9-16-14-8-7-12(17-18-14)15(20)19-10-5-6-13(19)11(2)3/h7-8,11,13H,4-6,9-10H2,1-3H3,(H,16,18). The summed E-state index contributed by atoms with van der Waals surface area (Å²) in [5.41, 5.74) is 0.444. The number of nitrogens with one attached hydrogen (secondary N) is 1. The number of carbonyl (C=O) groups excluding carboxylic acids is 1. The molecule has 0 aliphatic carbocycles. The van der Waals surface area contributed by atoms with E-state index in [4.69, 9.17) is 0 Å². The number of hydrogen-bond acceptors (Lipinski definition) is 4. The largest absolute Gasteiger partial charge is 0.369 e. The first-order valence-corrected chi connectivity index (χ1v) is 7.52. The molecule has 1 aromatic heterocycles. The molecule has 1 unspecified atom stereocenters. The highest BCUT2D eigenvalue weighted by Crippen LogP contribution is 2.25. The van der Waals surface area contributed by atoms with E-state index in [2.05, 4.69) is 36.3 Å². The van der Waals surface area contributed by atoms with Crippen LogP contribution < -0.4 is 5.32 Å². The van der Waals surface area contributed by atoms with Gasteiger partial charge in [-0.25, -0.2) is 0 Å². The molecule has 0 aromatic carbocycles. The highest BCUT2D eigenvalue weighted by Gasteiger charge is 2.31. The van der Waals surface area contributed by atoms with Gasteiger partial charge in [-0.15, -0.1) is 10.2 Å². The topological polar surface area (TPSA) is 58.1 Å². The molecule has 1 saturated heterocycles. The van der Waals surface area contributed by atoms with Gasteiger partial charge in [-0.2, -0.15) is 0 Å². The average molecular weight is 276 g/mol. The third-order valence-electron chi connectivity index (χ3n) is 3.77. The highest BCUT2D eigenvalue weighted by atomic mass is 16.2. The van der Waals surface area contributed by atoms with Gasteiger partial charge in [0.05, 0.1) is 0 Å². The molecule has 1 atom stereocenters. The van der Waals surface area contributed by atoms with Crippen molar-refractivity contribution >= 4 is 11.7 Å². The lowest BCUT2D eigenvalue weighted by atomic mass is 10.0. The Balaban J connectivity index is 2.05. The fourth-order valence-corrected chi connectivity index (χ4v) is 2.68. The lowest BCUT2D eigenvalue weighted by molar-refractivity contribution is 0.0694. The molecule has 2 rings (SSSR count). The predicted molar refractivity (Wildman–Crippen MR) is 79.7 cm³/mol. The summed E-state index contributed by atoms with van der Waals surface area (Å²) in [6.45, 7) is 8.12. The van der Waals surface area contributed by atoms with Gasteiger partial charge in [0.15, 0.2) is 5.69 Å². The molecule has 1 fully saturated rings. The van der Waals surface area contributed by atoms with E-state index in [1.54, 1.807) is 6.07 Å². The van der Waals surface area contributed by atoms with E-state index in [1.165, 1.54) is 0 Å². The van der Waals surface area contributed by atoms with Gasteiger partial charge in [0.1, 0.15) is 5.82 Å². The van der Waals surface area contributed by atoms with Crippen molar-refractivity contribution in [1.29, 1.82) is 0 Å². The van der Waals surface area contributed by atoms with Gasteiger partial charge in [0, 0.05) is 19.1 Å². The van der Waals surface area contributed by atoms with Crippen molar-refractivity contribution in [3.63, 3.8) is 0 Å². The van der Waals surface area contributed by atoms with E-state index in [9.17, 15) is 4.79 Å². The van der Waals surface area contributed by atoms with Crippen molar-refractivity contribution in [2.75, 3.05) is 18.4 Å². The van der Waals surface area contributed by atoms with Gasteiger partial charge < -0.3 is 10.2 Å². The smallest absolute Gasteiger partial charge is 0.274 e. The lowest BCUT2D eigenvalue weighted by Gasteiger charge is -2.27. The van der Waals surface area contributed by atoms with Crippen LogP contribution in [0.3, 0.4) is 0 Å². The third-order valence-corrected chi connectivity index (χ3v) is 3.77. The number of rotatable bonds is 5. The van der Waals surface area contributed by atoms with Crippen molar-refractivity contribution < 1.29 is 4.79 Å². The van der Waals surface area contributed by atoms with E-state index >= 15 is 0 Å². The predicted octanol–water partition coefficient (Wildman–Crippen LogP) is 2.56. The Morgan fingerprint density at radius 2 is 2.25 bits per heavy atom. The molecule has 1 aliphatic heterocycles. The SMILES string of the molecule is CCCNc1ccc(C(=O)N2CCCC2C(C)C)nn1. The molecule has 20 heavy (non-hydrogen) atoms. The summed E-state index contributed by atoms with van der Waals surface area (Å²) >= 11 is 0. The van der Waals surface area contributed by atoms with Gasteiger partial charge in [-0.1, -0.05) is 20.8 Å². The molecular weight excluding hydrogens is 252 g/mol. The summed E-state index contributed by atoms with van der Waals surface area (Å²) in [4.78, 5) is 14.4. The van der Waals surface area contributed by atoms with Crippen LogP contribution in [0.15, 0.2) is 12.1 Å². The van der Waals surface area contributed by atoms with E-state index in [0.717, 1.165) is 38.2 Å². The van der Waals surface area contributed by atoms with Crippen LogP contribution in [0.2, 0.25) is 0 Å². The average Bonchev–Trinajstić information content (AvgIpc) is 2.94. The fourth-order valence-electron chi connectivity index (χ4n) is 2.68. The number of nitrogens with zero attached hydrogens (tertiary/aromatic N) is 3. The van der Waals surface area contributed by atoms with Gasteiger partial charge in [-0.05, 0) is 37.3 Å². The molecule has 5 nitrogen and oxygen atoms in total. The molecule has 1 aliphatic rings.